The van der Waals surface area contributed by atoms with E-state index in [1.54, 1.807) is 24.0 Å². The normalized spacial score (nSPS) is 21.9. The van der Waals surface area contributed by atoms with Gasteiger partial charge in [0.15, 0.2) is 0 Å². The molecule has 0 bridgehead atoms. The Morgan fingerprint density at radius 1 is 1.32 bits per heavy atom. The molecule has 0 spiro atoms. The van der Waals surface area contributed by atoms with Crippen LogP contribution < -0.4 is 5.32 Å². The molecule has 1 aromatic carbocycles. The van der Waals surface area contributed by atoms with Crippen LogP contribution in [0.1, 0.15) is 57.3 Å². The van der Waals surface area contributed by atoms with Crippen LogP contribution in [0.3, 0.4) is 0 Å². The molecule has 1 heterocycles. The minimum atomic E-state index is -0.826. The van der Waals surface area contributed by atoms with Crippen molar-refractivity contribution in [1.82, 2.24) is 10.2 Å². The summed E-state index contributed by atoms with van der Waals surface area (Å²) in [6, 6.07) is 9.10. The van der Waals surface area contributed by atoms with Gasteiger partial charge in [0, 0.05) is 18.7 Å². The molecule has 5 heteroatoms. The van der Waals surface area contributed by atoms with Crippen molar-refractivity contribution in [2.45, 2.75) is 58.6 Å². The standard InChI is InChI=1S/C20H30N2O3/c1-15(23)13-19(2,3)14-21-18(25)20(4)11-8-12-22(20)17(24)16-9-6-5-7-10-16/h5-7,9-10,15,23H,8,11-14H2,1-4H3,(H,21,25). The highest BCUT2D eigenvalue weighted by atomic mass is 16.3. The molecule has 5 nitrogen and oxygen atoms in total. The third kappa shape index (κ3) is 4.60. The lowest BCUT2D eigenvalue weighted by Crippen LogP contribution is -2.56. The minimum Gasteiger partial charge on any atom is -0.393 e. The van der Waals surface area contributed by atoms with E-state index in [0.29, 0.717) is 31.5 Å². The van der Waals surface area contributed by atoms with E-state index in [0.717, 1.165) is 6.42 Å². The molecule has 138 valence electrons. The highest BCUT2D eigenvalue weighted by molar-refractivity contribution is 5.99. The van der Waals surface area contributed by atoms with E-state index in [1.165, 1.54) is 0 Å². The van der Waals surface area contributed by atoms with Crippen LogP contribution in [0.15, 0.2) is 30.3 Å². The number of aliphatic hydroxyl groups is 1. The van der Waals surface area contributed by atoms with E-state index in [-0.39, 0.29) is 17.2 Å². The molecule has 2 N–H and O–H groups in total. The van der Waals surface area contributed by atoms with Crippen molar-refractivity contribution in [2.24, 2.45) is 5.41 Å². The van der Waals surface area contributed by atoms with Crippen molar-refractivity contribution < 1.29 is 14.7 Å². The number of carbonyl (C=O) groups excluding carboxylic acids is 2. The summed E-state index contributed by atoms with van der Waals surface area (Å²) in [5.74, 6) is -0.216. The summed E-state index contributed by atoms with van der Waals surface area (Å²) >= 11 is 0. The van der Waals surface area contributed by atoms with Gasteiger partial charge in [-0.3, -0.25) is 9.59 Å². The number of benzene rings is 1. The first-order chi connectivity index (χ1) is 11.7. The second-order valence-corrected chi connectivity index (χ2v) is 8.10. The van der Waals surface area contributed by atoms with Gasteiger partial charge in [-0.1, -0.05) is 32.0 Å². The Hall–Kier alpha value is -1.88. The first-order valence-electron chi connectivity index (χ1n) is 8.99. The largest absolute Gasteiger partial charge is 0.393 e. The molecule has 25 heavy (non-hydrogen) atoms. The molecule has 0 aliphatic carbocycles. The SMILES string of the molecule is CC(O)CC(C)(C)CNC(=O)C1(C)CCCN1C(=O)c1ccccc1. The van der Waals surface area contributed by atoms with Gasteiger partial charge in [-0.25, -0.2) is 0 Å². The summed E-state index contributed by atoms with van der Waals surface area (Å²) in [5.41, 5.74) is -0.418. The van der Waals surface area contributed by atoms with E-state index >= 15 is 0 Å². The van der Waals surface area contributed by atoms with Crippen LogP contribution in [-0.2, 0) is 4.79 Å². The Balaban J connectivity index is 2.08. The van der Waals surface area contributed by atoms with Gasteiger partial charge >= 0.3 is 0 Å². The van der Waals surface area contributed by atoms with Crippen LogP contribution >= 0.6 is 0 Å². The van der Waals surface area contributed by atoms with Gasteiger partial charge in [0.05, 0.1) is 6.10 Å². The zero-order valence-electron chi connectivity index (χ0n) is 15.7. The molecule has 1 saturated heterocycles. The number of nitrogens with zero attached hydrogens (tertiary/aromatic N) is 1. The number of hydrogen-bond acceptors (Lipinski definition) is 3. The molecule has 2 unspecified atom stereocenters. The molecule has 1 aromatic rings. The van der Waals surface area contributed by atoms with Crippen LogP contribution in [0, 0.1) is 5.41 Å². The minimum absolute atomic E-state index is 0.0982. The quantitative estimate of drug-likeness (QED) is 0.832. The van der Waals surface area contributed by atoms with Crippen LogP contribution in [0.25, 0.3) is 0 Å². The van der Waals surface area contributed by atoms with Gasteiger partial charge in [0.1, 0.15) is 5.54 Å². The van der Waals surface area contributed by atoms with E-state index in [9.17, 15) is 14.7 Å². The number of likely N-dealkylation sites (tertiary alicyclic amines) is 1. The number of nitrogens with one attached hydrogen (secondary N) is 1. The number of aliphatic hydroxyl groups excluding tert-OH is 1. The summed E-state index contributed by atoms with van der Waals surface area (Å²) < 4.78 is 0. The first kappa shape index (κ1) is 19.4. The van der Waals surface area contributed by atoms with Crippen LogP contribution in [0.2, 0.25) is 0 Å². The predicted octanol–water partition coefficient (Wildman–Crippen LogP) is 2.59. The molecule has 1 aliphatic rings. The molecule has 0 saturated carbocycles. The van der Waals surface area contributed by atoms with E-state index in [4.69, 9.17) is 0 Å². The smallest absolute Gasteiger partial charge is 0.254 e. The number of amides is 2. The van der Waals surface area contributed by atoms with E-state index < -0.39 is 11.6 Å². The van der Waals surface area contributed by atoms with Gasteiger partial charge in [-0.2, -0.15) is 0 Å². The Bertz CT molecular complexity index is 613. The Kier molecular flexibility index (Phi) is 5.88. The summed E-state index contributed by atoms with van der Waals surface area (Å²) in [7, 11) is 0. The van der Waals surface area contributed by atoms with Gasteiger partial charge in [-0.05, 0) is 50.7 Å². The lowest BCUT2D eigenvalue weighted by Gasteiger charge is -2.35. The van der Waals surface area contributed by atoms with Crippen molar-refractivity contribution >= 4 is 11.8 Å². The highest BCUT2D eigenvalue weighted by Crippen LogP contribution is 2.31. The average Bonchev–Trinajstić information content (AvgIpc) is 2.94. The molecule has 0 aromatic heterocycles. The fourth-order valence-corrected chi connectivity index (χ4v) is 3.64. The third-order valence-electron chi connectivity index (χ3n) is 4.97. The maximum Gasteiger partial charge on any atom is 0.254 e. The van der Waals surface area contributed by atoms with Crippen molar-refractivity contribution in [3.8, 4) is 0 Å². The van der Waals surface area contributed by atoms with Crippen molar-refractivity contribution in [2.75, 3.05) is 13.1 Å². The van der Waals surface area contributed by atoms with Crippen molar-refractivity contribution in [1.29, 1.82) is 0 Å². The lowest BCUT2D eigenvalue weighted by molar-refractivity contribution is -0.130. The van der Waals surface area contributed by atoms with Crippen LogP contribution in [-0.4, -0.2) is 46.6 Å². The molecule has 2 rings (SSSR count). The fourth-order valence-electron chi connectivity index (χ4n) is 3.64. The third-order valence-corrected chi connectivity index (χ3v) is 4.97. The summed E-state index contributed by atoms with van der Waals surface area (Å²) in [4.78, 5) is 27.4. The van der Waals surface area contributed by atoms with Gasteiger partial charge in [0.2, 0.25) is 5.91 Å². The Morgan fingerprint density at radius 3 is 2.56 bits per heavy atom. The van der Waals surface area contributed by atoms with Crippen LogP contribution in [0.4, 0.5) is 0 Å². The predicted molar refractivity (Wildman–Crippen MR) is 98.2 cm³/mol. The molecule has 2 atom stereocenters. The molecule has 1 aliphatic heterocycles. The first-order valence-corrected chi connectivity index (χ1v) is 8.99. The summed E-state index contributed by atoms with van der Waals surface area (Å²) in [5, 5.41) is 12.6. The maximum absolute atomic E-state index is 12.9. The molecule has 1 fully saturated rings. The summed E-state index contributed by atoms with van der Waals surface area (Å²) in [6.07, 6.45) is 1.68. The van der Waals surface area contributed by atoms with Crippen LogP contribution in [0.5, 0.6) is 0 Å². The molecule has 2 amide bonds. The Morgan fingerprint density at radius 2 is 1.96 bits per heavy atom. The molecular weight excluding hydrogens is 316 g/mol. The van der Waals surface area contributed by atoms with E-state index in [1.807, 2.05) is 39.0 Å². The molecular formula is C20H30N2O3. The number of hydrogen-bond donors (Lipinski definition) is 2. The number of carbonyl (C=O) groups is 2. The zero-order chi connectivity index (χ0) is 18.7. The van der Waals surface area contributed by atoms with Gasteiger partial charge < -0.3 is 15.3 Å². The van der Waals surface area contributed by atoms with Gasteiger partial charge in [0.25, 0.3) is 5.91 Å². The monoisotopic (exact) mass is 346 g/mol. The number of rotatable bonds is 6. The second kappa shape index (κ2) is 7.56. The topological polar surface area (TPSA) is 69.6 Å². The van der Waals surface area contributed by atoms with Crippen molar-refractivity contribution in [3.05, 3.63) is 35.9 Å². The van der Waals surface area contributed by atoms with E-state index in [2.05, 4.69) is 5.32 Å². The maximum atomic E-state index is 12.9. The second-order valence-electron chi connectivity index (χ2n) is 8.10. The average molecular weight is 346 g/mol. The van der Waals surface area contributed by atoms with Gasteiger partial charge in [-0.15, -0.1) is 0 Å². The highest BCUT2D eigenvalue weighted by Gasteiger charge is 2.46. The zero-order valence-corrected chi connectivity index (χ0v) is 15.7. The van der Waals surface area contributed by atoms with Crippen molar-refractivity contribution in [3.63, 3.8) is 0 Å². The fraction of sp³-hybridized carbons (Fsp3) is 0.600. The summed E-state index contributed by atoms with van der Waals surface area (Å²) in [6.45, 7) is 8.70. The lowest BCUT2D eigenvalue weighted by atomic mass is 9.86. The molecule has 0 radical (unpaired) electrons. The Labute approximate surface area is 150 Å².